The quantitative estimate of drug-likeness (QED) is 0.728. The number of hydrogen-bond acceptors (Lipinski definition) is 3. The monoisotopic (exact) mass is 238 g/mol. The Bertz CT molecular complexity index is 348. The fourth-order valence-corrected chi connectivity index (χ4v) is 1.73. The van der Waals surface area contributed by atoms with Gasteiger partial charge >= 0.3 is 0 Å². The van der Waals surface area contributed by atoms with E-state index >= 15 is 0 Å². The largest absolute Gasteiger partial charge is 0.356 e. The first-order valence-corrected chi connectivity index (χ1v) is 6.19. The molecular weight excluding hydrogens is 216 g/mol. The first-order chi connectivity index (χ1) is 8.22. The molecule has 1 rings (SSSR count). The second-order valence-corrected chi connectivity index (χ2v) is 4.10. The van der Waals surface area contributed by atoms with Crippen LogP contribution in [0, 0.1) is 5.92 Å². The van der Waals surface area contributed by atoms with E-state index in [4.69, 9.17) is 5.73 Å². The molecule has 0 aliphatic heterocycles. The van der Waals surface area contributed by atoms with Gasteiger partial charge in [0.05, 0.1) is 12.2 Å². The average Bonchev–Trinajstić information content (AvgIpc) is 2.80. The molecule has 1 atom stereocenters. The maximum Gasteiger partial charge on any atom is 0.224 e. The van der Waals surface area contributed by atoms with Crippen molar-refractivity contribution in [2.75, 3.05) is 13.1 Å². The molecule has 0 spiro atoms. The predicted molar refractivity (Wildman–Crippen MR) is 67.5 cm³/mol. The summed E-state index contributed by atoms with van der Waals surface area (Å²) in [6, 6.07) is 0. The van der Waals surface area contributed by atoms with E-state index in [1.807, 2.05) is 11.5 Å². The van der Waals surface area contributed by atoms with E-state index in [-0.39, 0.29) is 11.8 Å². The molecule has 3 N–H and O–H groups in total. The Morgan fingerprint density at radius 1 is 1.59 bits per heavy atom. The van der Waals surface area contributed by atoms with Gasteiger partial charge in [-0.15, -0.1) is 0 Å². The molecule has 1 aromatic heterocycles. The number of aryl methyl sites for hydroxylation is 1. The van der Waals surface area contributed by atoms with E-state index in [1.54, 1.807) is 12.5 Å². The number of imidazole rings is 1. The zero-order valence-electron chi connectivity index (χ0n) is 10.6. The highest BCUT2D eigenvalue weighted by Crippen LogP contribution is 2.08. The fourth-order valence-electron chi connectivity index (χ4n) is 1.73. The van der Waals surface area contributed by atoms with Gasteiger partial charge in [0.25, 0.3) is 0 Å². The van der Waals surface area contributed by atoms with Crippen molar-refractivity contribution >= 4 is 5.91 Å². The maximum atomic E-state index is 11.8. The molecule has 0 bridgehead atoms. The molecule has 17 heavy (non-hydrogen) atoms. The summed E-state index contributed by atoms with van der Waals surface area (Å²) in [6.07, 6.45) is 5.18. The van der Waals surface area contributed by atoms with E-state index in [0.29, 0.717) is 19.5 Å². The SMILES string of the molecule is CCCNC(=O)C(CN)Cc1cncn1CC. The van der Waals surface area contributed by atoms with Crippen molar-refractivity contribution in [2.45, 2.75) is 33.2 Å². The molecule has 0 radical (unpaired) electrons. The number of aromatic nitrogens is 2. The Hall–Kier alpha value is -1.36. The summed E-state index contributed by atoms with van der Waals surface area (Å²) in [7, 11) is 0. The van der Waals surface area contributed by atoms with E-state index in [9.17, 15) is 4.79 Å². The highest BCUT2D eigenvalue weighted by Gasteiger charge is 2.18. The molecule has 1 heterocycles. The number of carbonyl (C=O) groups excluding carboxylic acids is 1. The van der Waals surface area contributed by atoms with Crippen molar-refractivity contribution in [2.24, 2.45) is 11.7 Å². The summed E-state index contributed by atoms with van der Waals surface area (Å²) in [6.45, 7) is 6.03. The molecule has 5 nitrogen and oxygen atoms in total. The smallest absolute Gasteiger partial charge is 0.224 e. The highest BCUT2D eigenvalue weighted by molar-refractivity contribution is 5.79. The second-order valence-electron chi connectivity index (χ2n) is 4.10. The second kappa shape index (κ2) is 7.06. The highest BCUT2D eigenvalue weighted by atomic mass is 16.1. The van der Waals surface area contributed by atoms with E-state index in [2.05, 4.69) is 17.2 Å². The lowest BCUT2D eigenvalue weighted by Crippen LogP contribution is -2.37. The van der Waals surface area contributed by atoms with Gasteiger partial charge in [-0.1, -0.05) is 6.92 Å². The van der Waals surface area contributed by atoms with Crippen molar-refractivity contribution in [1.82, 2.24) is 14.9 Å². The third-order valence-electron chi connectivity index (χ3n) is 2.80. The lowest BCUT2D eigenvalue weighted by atomic mass is 10.0. The normalized spacial score (nSPS) is 12.4. The minimum Gasteiger partial charge on any atom is -0.356 e. The first kappa shape index (κ1) is 13.7. The van der Waals surface area contributed by atoms with E-state index < -0.39 is 0 Å². The van der Waals surface area contributed by atoms with Gasteiger partial charge in [-0.05, 0) is 13.3 Å². The van der Waals surface area contributed by atoms with Gasteiger partial charge in [0, 0.05) is 37.9 Å². The number of nitrogens with zero attached hydrogens (tertiary/aromatic N) is 2. The molecule has 0 aliphatic carbocycles. The third kappa shape index (κ3) is 3.85. The Labute approximate surface area is 102 Å². The van der Waals surface area contributed by atoms with Crippen molar-refractivity contribution in [3.05, 3.63) is 18.2 Å². The molecule has 0 saturated heterocycles. The molecule has 0 aliphatic rings. The number of nitrogens with two attached hydrogens (primary N) is 1. The van der Waals surface area contributed by atoms with Crippen molar-refractivity contribution < 1.29 is 4.79 Å². The van der Waals surface area contributed by atoms with Crippen LogP contribution in [0.3, 0.4) is 0 Å². The van der Waals surface area contributed by atoms with Crippen molar-refractivity contribution in [3.8, 4) is 0 Å². The topological polar surface area (TPSA) is 72.9 Å². The van der Waals surface area contributed by atoms with Gasteiger partial charge in [-0.2, -0.15) is 0 Å². The van der Waals surface area contributed by atoms with Crippen LogP contribution in [0.5, 0.6) is 0 Å². The molecular formula is C12H22N4O. The lowest BCUT2D eigenvalue weighted by Gasteiger charge is -2.15. The minimum atomic E-state index is -0.163. The lowest BCUT2D eigenvalue weighted by molar-refractivity contribution is -0.124. The molecule has 1 unspecified atom stereocenters. The van der Waals surface area contributed by atoms with Crippen LogP contribution >= 0.6 is 0 Å². The summed E-state index contributed by atoms with van der Waals surface area (Å²) < 4.78 is 2.04. The summed E-state index contributed by atoms with van der Waals surface area (Å²) in [5.74, 6) is -0.123. The van der Waals surface area contributed by atoms with Gasteiger partial charge < -0.3 is 15.6 Å². The standard InChI is InChI=1S/C12H22N4O/c1-3-5-15-12(17)10(7-13)6-11-8-14-9-16(11)4-2/h8-10H,3-7,13H2,1-2H3,(H,15,17). The Balaban J connectivity index is 2.60. The molecule has 0 saturated carbocycles. The summed E-state index contributed by atoms with van der Waals surface area (Å²) in [5, 5.41) is 2.88. The summed E-state index contributed by atoms with van der Waals surface area (Å²) >= 11 is 0. The van der Waals surface area contributed by atoms with E-state index in [0.717, 1.165) is 18.7 Å². The van der Waals surface area contributed by atoms with Gasteiger partial charge in [0.1, 0.15) is 0 Å². The van der Waals surface area contributed by atoms with Gasteiger partial charge in [0.2, 0.25) is 5.91 Å². The van der Waals surface area contributed by atoms with Crippen LogP contribution in [0.1, 0.15) is 26.0 Å². The minimum absolute atomic E-state index is 0.0400. The zero-order valence-corrected chi connectivity index (χ0v) is 10.6. The predicted octanol–water partition coefficient (Wildman–Crippen LogP) is 0.547. The number of rotatable bonds is 7. The van der Waals surface area contributed by atoms with Crippen LogP contribution in [0.2, 0.25) is 0 Å². The Morgan fingerprint density at radius 3 is 2.94 bits per heavy atom. The maximum absolute atomic E-state index is 11.8. The van der Waals surface area contributed by atoms with Crippen LogP contribution in [0.15, 0.2) is 12.5 Å². The number of carbonyl (C=O) groups is 1. The third-order valence-corrected chi connectivity index (χ3v) is 2.80. The fraction of sp³-hybridized carbons (Fsp3) is 0.667. The van der Waals surface area contributed by atoms with Crippen molar-refractivity contribution in [1.29, 1.82) is 0 Å². The van der Waals surface area contributed by atoms with Crippen LogP contribution in [0.25, 0.3) is 0 Å². The van der Waals surface area contributed by atoms with Gasteiger partial charge in [-0.25, -0.2) is 4.98 Å². The number of hydrogen-bond donors (Lipinski definition) is 2. The van der Waals surface area contributed by atoms with Crippen LogP contribution in [-0.2, 0) is 17.8 Å². The first-order valence-electron chi connectivity index (χ1n) is 6.19. The van der Waals surface area contributed by atoms with Crippen LogP contribution < -0.4 is 11.1 Å². The summed E-state index contributed by atoms with van der Waals surface area (Å²) in [4.78, 5) is 15.9. The number of nitrogens with one attached hydrogen (secondary N) is 1. The summed E-state index contributed by atoms with van der Waals surface area (Å²) in [5.41, 5.74) is 6.73. The van der Waals surface area contributed by atoms with Gasteiger partial charge in [0.15, 0.2) is 0 Å². The molecule has 1 amide bonds. The molecule has 0 fully saturated rings. The van der Waals surface area contributed by atoms with Crippen LogP contribution in [0.4, 0.5) is 0 Å². The van der Waals surface area contributed by atoms with Gasteiger partial charge in [-0.3, -0.25) is 4.79 Å². The number of amides is 1. The Morgan fingerprint density at radius 2 is 2.35 bits per heavy atom. The molecule has 96 valence electrons. The molecule has 0 aromatic carbocycles. The molecule has 5 heteroatoms. The average molecular weight is 238 g/mol. The van der Waals surface area contributed by atoms with Crippen LogP contribution in [-0.4, -0.2) is 28.5 Å². The molecule has 1 aromatic rings. The Kier molecular flexibility index (Phi) is 5.69. The zero-order chi connectivity index (χ0) is 12.7. The van der Waals surface area contributed by atoms with Crippen molar-refractivity contribution in [3.63, 3.8) is 0 Å². The van der Waals surface area contributed by atoms with E-state index in [1.165, 1.54) is 0 Å².